The van der Waals surface area contributed by atoms with Crippen LogP contribution in [0.2, 0.25) is 0 Å². The first-order valence-corrected chi connectivity index (χ1v) is 9.22. The Kier molecular flexibility index (Phi) is 5.66. The smallest absolute Gasteiger partial charge is 0.269 e. The van der Waals surface area contributed by atoms with Crippen LogP contribution in [0.5, 0.6) is 0 Å². The van der Waals surface area contributed by atoms with Gasteiger partial charge in [-0.05, 0) is 36.0 Å². The third kappa shape index (κ3) is 4.40. The molecule has 3 atom stereocenters. The number of nitrogens with zero attached hydrogens (tertiary/aromatic N) is 2. The molecule has 1 aliphatic rings. The topological polar surface area (TPSA) is 82.9 Å². The molecule has 0 radical (unpaired) electrons. The molecule has 1 N–H and O–H groups in total. The molecule has 3 rings (SSSR count). The molecule has 5 heteroatoms. The zero-order valence-corrected chi connectivity index (χ0v) is 15.6. The van der Waals surface area contributed by atoms with Crippen LogP contribution in [0.4, 0.5) is 0 Å². The van der Waals surface area contributed by atoms with Crippen LogP contribution in [0.15, 0.2) is 42.5 Å². The number of pyridine rings is 1. The van der Waals surface area contributed by atoms with E-state index < -0.39 is 0 Å². The number of hydrogen-bond acceptors (Lipinski definition) is 4. The molecule has 1 heterocycles. The normalized spacial score (nSPS) is 19.0. The Hall–Kier alpha value is -3.00. The first kappa shape index (κ1) is 18.8. The van der Waals surface area contributed by atoms with Crippen LogP contribution in [-0.2, 0) is 0 Å². The standard InChI is InChI=1S/C22H23N3O2/c1-14-10-16(14)13-21(26)17-11-19(25-20(12-17)22(27)24-2)18(8-9-23)15-6-4-3-5-7-15/h3-7,11-12,14,16,18H,8,10,13H2,1-2H3,(H,24,27)/t14-,16+,18-/m0/s1. The van der Waals surface area contributed by atoms with Crippen LogP contribution in [0, 0.1) is 23.2 Å². The summed E-state index contributed by atoms with van der Waals surface area (Å²) in [5.41, 5.74) is 2.23. The molecule has 0 aliphatic heterocycles. The molecule has 27 heavy (non-hydrogen) atoms. The van der Waals surface area contributed by atoms with Crippen molar-refractivity contribution in [3.8, 4) is 6.07 Å². The van der Waals surface area contributed by atoms with Crippen LogP contribution in [0.25, 0.3) is 0 Å². The first-order chi connectivity index (χ1) is 13.0. The summed E-state index contributed by atoms with van der Waals surface area (Å²) in [5, 5.41) is 11.9. The summed E-state index contributed by atoms with van der Waals surface area (Å²) in [4.78, 5) is 29.4. The Morgan fingerprint density at radius 2 is 2.00 bits per heavy atom. The number of carbonyl (C=O) groups is 2. The Morgan fingerprint density at radius 1 is 1.30 bits per heavy atom. The number of nitriles is 1. The molecular formula is C22H23N3O2. The van der Waals surface area contributed by atoms with Crippen LogP contribution in [0.3, 0.4) is 0 Å². The second kappa shape index (κ2) is 8.13. The minimum absolute atomic E-state index is 0.0296. The van der Waals surface area contributed by atoms with Gasteiger partial charge < -0.3 is 5.32 Å². The Morgan fingerprint density at radius 3 is 2.59 bits per heavy atom. The average Bonchev–Trinajstić information content (AvgIpc) is 3.39. The van der Waals surface area contributed by atoms with E-state index in [9.17, 15) is 14.9 Å². The monoisotopic (exact) mass is 361 g/mol. The van der Waals surface area contributed by atoms with Gasteiger partial charge in [-0.2, -0.15) is 5.26 Å². The highest BCUT2D eigenvalue weighted by atomic mass is 16.1. The van der Waals surface area contributed by atoms with Gasteiger partial charge in [-0.25, -0.2) is 4.98 Å². The van der Waals surface area contributed by atoms with E-state index in [1.807, 2.05) is 30.3 Å². The van der Waals surface area contributed by atoms with Crippen molar-refractivity contribution in [2.24, 2.45) is 11.8 Å². The van der Waals surface area contributed by atoms with Crippen LogP contribution < -0.4 is 5.32 Å². The fourth-order valence-electron chi connectivity index (χ4n) is 3.35. The van der Waals surface area contributed by atoms with Gasteiger partial charge in [0.05, 0.1) is 11.8 Å². The number of Topliss-reactive ketones (excluding diaryl/α,β-unsaturated/α-hetero) is 1. The SMILES string of the molecule is CNC(=O)c1cc(C(=O)C[C@H]2C[C@@H]2C)cc([C@@H](CC#N)c2ccccc2)n1. The zero-order chi connectivity index (χ0) is 19.4. The molecule has 1 amide bonds. The second-order valence-corrected chi connectivity index (χ2v) is 7.17. The molecule has 1 aromatic heterocycles. The van der Waals surface area contributed by atoms with E-state index in [2.05, 4.69) is 23.3 Å². The van der Waals surface area contributed by atoms with Crippen molar-refractivity contribution >= 4 is 11.7 Å². The molecule has 5 nitrogen and oxygen atoms in total. The quantitative estimate of drug-likeness (QED) is 0.762. The first-order valence-electron chi connectivity index (χ1n) is 9.22. The zero-order valence-electron chi connectivity index (χ0n) is 15.6. The molecule has 0 saturated heterocycles. The van der Waals surface area contributed by atoms with Crippen LogP contribution in [0.1, 0.15) is 64.2 Å². The lowest BCUT2D eigenvalue weighted by molar-refractivity contribution is 0.0958. The molecule has 138 valence electrons. The van der Waals surface area contributed by atoms with Crippen molar-refractivity contribution < 1.29 is 9.59 Å². The molecule has 0 spiro atoms. The Labute approximate surface area is 159 Å². The van der Waals surface area contributed by atoms with Gasteiger partial charge in [-0.1, -0.05) is 37.3 Å². The number of amides is 1. The summed E-state index contributed by atoms with van der Waals surface area (Å²) in [6, 6.07) is 15.1. The summed E-state index contributed by atoms with van der Waals surface area (Å²) in [7, 11) is 1.54. The number of benzene rings is 1. The van der Waals surface area contributed by atoms with Crippen molar-refractivity contribution in [2.75, 3.05) is 7.05 Å². The highest BCUT2D eigenvalue weighted by Gasteiger charge is 2.34. The van der Waals surface area contributed by atoms with Gasteiger partial charge >= 0.3 is 0 Å². The van der Waals surface area contributed by atoms with Gasteiger partial charge in [0.15, 0.2) is 5.78 Å². The van der Waals surface area contributed by atoms with E-state index in [4.69, 9.17) is 0 Å². The summed E-state index contributed by atoms with van der Waals surface area (Å²) in [6.07, 6.45) is 1.79. The number of rotatable bonds is 7. The molecule has 1 saturated carbocycles. The van der Waals surface area contributed by atoms with Gasteiger partial charge in [0.2, 0.25) is 0 Å². The van der Waals surface area contributed by atoms with Gasteiger partial charge in [0, 0.05) is 31.4 Å². The van der Waals surface area contributed by atoms with Crippen molar-refractivity contribution in [3.05, 3.63) is 65.0 Å². The highest BCUT2D eigenvalue weighted by molar-refractivity contribution is 6.00. The second-order valence-electron chi connectivity index (χ2n) is 7.17. The van der Waals surface area contributed by atoms with Crippen molar-refractivity contribution in [1.82, 2.24) is 10.3 Å². The number of hydrogen-bond donors (Lipinski definition) is 1. The van der Waals surface area contributed by atoms with E-state index in [0.717, 1.165) is 12.0 Å². The van der Waals surface area contributed by atoms with Gasteiger partial charge in [-0.15, -0.1) is 0 Å². The van der Waals surface area contributed by atoms with E-state index in [-0.39, 0.29) is 29.7 Å². The van der Waals surface area contributed by atoms with E-state index in [1.54, 1.807) is 12.1 Å². The lowest BCUT2D eigenvalue weighted by Gasteiger charge is -2.16. The fraction of sp³-hybridized carbons (Fsp3) is 0.364. The third-order valence-corrected chi connectivity index (χ3v) is 5.20. The minimum Gasteiger partial charge on any atom is -0.354 e. The Bertz CT molecular complexity index is 886. The van der Waals surface area contributed by atoms with Crippen molar-refractivity contribution in [2.45, 2.75) is 32.1 Å². The highest BCUT2D eigenvalue weighted by Crippen LogP contribution is 2.41. The summed E-state index contributed by atoms with van der Waals surface area (Å²) in [6.45, 7) is 2.14. The molecular weight excluding hydrogens is 338 g/mol. The maximum Gasteiger partial charge on any atom is 0.269 e. The summed E-state index contributed by atoms with van der Waals surface area (Å²) >= 11 is 0. The molecule has 1 aliphatic carbocycles. The number of aromatic nitrogens is 1. The summed E-state index contributed by atoms with van der Waals surface area (Å²) < 4.78 is 0. The lowest BCUT2D eigenvalue weighted by Crippen LogP contribution is -2.21. The van der Waals surface area contributed by atoms with E-state index in [1.165, 1.54) is 7.05 Å². The van der Waals surface area contributed by atoms with Crippen molar-refractivity contribution in [1.29, 1.82) is 5.26 Å². The predicted molar refractivity (Wildman–Crippen MR) is 102 cm³/mol. The van der Waals surface area contributed by atoms with Gasteiger partial charge in [0.25, 0.3) is 5.91 Å². The molecule has 1 aromatic carbocycles. The van der Waals surface area contributed by atoms with Crippen molar-refractivity contribution in [3.63, 3.8) is 0 Å². The summed E-state index contributed by atoms with van der Waals surface area (Å²) in [5.74, 6) is 0.425. The van der Waals surface area contributed by atoms with E-state index in [0.29, 0.717) is 29.5 Å². The van der Waals surface area contributed by atoms with Crippen LogP contribution in [-0.4, -0.2) is 23.7 Å². The fourth-order valence-corrected chi connectivity index (χ4v) is 3.35. The van der Waals surface area contributed by atoms with Gasteiger partial charge in [0.1, 0.15) is 5.69 Å². The predicted octanol–water partition coefficient (Wildman–Crippen LogP) is 3.72. The molecule has 0 unspecified atom stereocenters. The largest absolute Gasteiger partial charge is 0.354 e. The van der Waals surface area contributed by atoms with Crippen LogP contribution >= 0.6 is 0 Å². The third-order valence-electron chi connectivity index (χ3n) is 5.20. The average molecular weight is 361 g/mol. The van der Waals surface area contributed by atoms with E-state index >= 15 is 0 Å². The minimum atomic E-state index is -0.338. The number of ketones is 1. The van der Waals surface area contributed by atoms with Gasteiger partial charge in [-0.3, -0.25) is 9.59 Å². The molecule has 1 fully saturated rings. The Balaban J connectivity index is 2.01. The molecule has 2 aromatic rings. The lowest BCUT2D eigenvalue weighted by atomic mass is 9.90. The maximum absolute atomic E-state index is 12.7. The number of nitrogens with one attached hydrogen (secondary N) is 1. The maximum atomic E-state index is 12.7. The number of carbonyl (C=O) groups excluding carboxylic acids is 2. The molecule has 0 bridgehead atoms.